The van der Waals surface area contributed by atoms with Gasteiger partial charge < -0.3 is 15.8 Å². The lowest BCUT2D eigenvalue weighted by Crippen LogP contribution is -2.20. The Hall–Kier alpha value is -0.940. The average Bonchev–Trinajstić information content (AvgIpc) is 2.38. The van der Waals surface area contributed by atoms with Gasteiger partial charge in [-0.3, -0.25) is 0 Å². The average molecular weight is 298 g/mol. The number of hydrogen-bond acceptors (Lipinski definition) is 4. The maximum atomic E-state index is 5.75. The second kappa shape index (κ2) is 8.27. The minimum Gasteiger partial charge on any atom is -0.497 e. The number of ether oxygens (including phenoxy) is 1. The second-order valence-corrected chi connectivity index (χ2v) is 6.14. The normalized spacial score (nSPS) is 11.9. The molecule has 1 aromatic carbocycles. The molecule has 1 unspecified atom stereocenters. The Labute approximate surface area is 125 Å². The van der Waals surface area contributed by atoms with E-state index in [0.717, 1.165) is 34.9 Å². The molecule has 1 aromatic rings. The van der Waals surface area contributed by atoms with Gasteiger partial charge in [-0.2, -0.15) is 11.8 Å². The van der Waals surface area contributed by atoms with E-state index in [-0.39, 0.29) is 0 Å². The number of hydrogen-bond donors (Lipinski definition) is 2. The van der Waals surface area contributed by atoms with Crippen molar-refractivity contribution < 1.29 is 4.74 Å². The quantitative estimate of drug-likeness (QED) is 0.570. The molecule has 0 bridgehead atoms. The zero-order chi connectivity index (χ0) is 14.3. The Morgan fingerprint density at radius 1 is 1.53 bits per heavy atom. The van der Waals surface area contributed by atoms with Crippen molar-refractivity contribution in [1.29, 1.82) is 0 Å². The third-order valence-electron chi connectivity index (χ3n) is 2.79. The van der Waals surface area contributed by atoms with Gasteiger partial charge in [-0.25, -0.2) is 0 Å². The van der Waals surface area contributed by atoms with Gasteiger partial charge >= 0.3 is 0 Å². The first-order valence-corrected chi connectivity index (χ1v) is 7.96. The highest BCUT2D eigenvalue weighted by Gasteiger charge is 2.09. The number of thioether (sulfide) groups is 1. The molecule has 0 aliphatic rings. The summed E-state index contributed by atoms with van der Waals surface area (Å²) in [6.07, 6.45) is 1.10. The highest BCUT2D eigenvalue weighted by atomic mass is 32.2. The van der Waals surface area contributed by atoms with E-state index in [2.05, 4.69) is 19.2 Å². The Morgan fingerprint density at radius 3 is 2.84 bits per heavy atom. The fourth-order valence-corrected chi connectivity index (χ4v) is 2.71. The van der Waals surface area contributed by atoms with Gasteiger partial charge in [0, 0.05) is 23.4 Å². The molecular weight excluding hydrogens is 276 g/mol. The Kier molecular flexibility index (Phi) is 7.02. The number of rotatable bonds is 8. The van der Waals surface area contributed by atoms with Gasteiger partial charge in [0.2, 0.25) is 0 Å². The molecule has 3 nitrogen and oxygen atoms in total. The maximum Gasteiger partial charge on any atom is 0.120 e. The molecule has 106 valence electrons. The van der Waals surface area contributed by atoms with E-state index in [1.165, 1.54) is 0 Å². The fraction of sp³-hybridized carbons (Fsp3) is 0.500. The Balaban J connectivity index is 2.76. The maximum absolute atomic E-state index is 5.75. The number of anilines is 1. The molecule has 0 heterocycles. The second-order valence-electron chi connectivity index (χ2n) is 4.31. The lowest BCUT2D eigenvalue weighted by Gasteiger charge is -2.18. The summed E-state index contributed by atoms with van der Waals surface area (Å²) >= 11 is 7.03. The molecule has 5 heteroatoms. The molecule has 0 spiro atoms. The van der Waals surface area contributed by atoms with Crippen LogP contribution in [-0.2, 0) is 0 Å². The topological polar surface area (TPSA) is 47.3 Å². The minimum absolute atomic E-state index is 0.374. The number of benzene rings is 1. The van der Waals surface area contributed by atoms with E-state index in [1.54, 1.807) is 7.11 Å². The van der Waals surface area contributed by atoms with Crippen molar-refractivity contribution in [2.45, 2.75) is 26.3 Å². The Bertz CT molecular complexity index is 424. The first-order chi connectivity index (χ1) is 9.08. The van der Waals surface area contributed by atoms with Crippen molar-refractivity contribution in [1.82, 2.24) is 0 Å². The van der Waals surface area contributed by atoms with Gasteiger partial charge in [0.15, 0.2) is 0 Å². The first kappa shape index (κ1) is 16.1. The molecule has 0 aromatic heterocycles. The van der Waals surface area contributed by atoms with Crippen LogP contribution in [0.3, 0.4) is 0 Å². The van der Waals surface area contributed by atoms with Crippen LogP contribution in [0.2, 0.25) is 0 Å². The first-order valence-electron chi connectivity index (χ1n) is 6.40. The highest BCUT2D eigenvalue weighted by Crippen LogP contribution is 2.24. The largest absolute Gasteiger partial charge is 0.497 e. The predicted molar refractivity (Wildman–Crippen MR) is 89.6 cm³/mol. The number of nitrogens with two attached hydrogens (primary N) is 1. The fourth-order valence-electron chi connectivity index (χ4n) is 1.73. The van der Waals surface area contributed by atoms with Gasteiger partial charge in [-0.05, 0) is 37.0 Å². The van der Waals surface area contributed by atoms with Crippen LogP contribution < -0.4 is 15.8 Å². The van der Waals surface area contributed by atoms with Crippen LogP contribution in [0.5, 0.6) is 5.75 Å². The molecule has 0 aliphatic heterocycles. The summed E-state index contributed by atoms with van der Waals surface area (Å²) in [7, 11) is 1.65. The van der Waals surface area contributed by atoms with E-state index in [9.17, 15) is 0 Å². The van der Waals surface area contributed by atoms with Crippen molar-refractivity contribution >= 4 is 34.7 Å². The third kappa shape index (κ3) is 5.28. The highest BCUT2D eigenvalue weighted by molar-refractivity contribution is 7.99. The van der Waals surface area contributed by atoms with Crippen LogP contribution in [0.4, 0.5) is 5.69 Å². The Morgan fingerprint density at radius 2 is 2.26 bits per heavy atom. The molecule has 0 radical (unpaired) electrons. The summed E-state index contributed by atoms with van der Waals surface area (Å²) < 4.78 is 5.24. The molecule has 0 saturated heterocycles. The summed E-state index contributed by atoms with van der Waals surface area (Å²) in [6, 6.07) is 6.09. The predicted octanol–water partition coefficient (Wildman–Crippen LogP) is 3.27. The molecule has 1 rings (SSSR count). The van der Waals surface area contributed by atoms with Crippen molar-refractivity contribution in [3.8, 4) is 5.75 Å². The van der Waals surface area contributed by atoms with Crippen molar-refractivity contribution in [3.05, 3.63) is 23.8 Å². The third-order valence-corrected chi connectivity index (χ3v) is 3.95. The molecule has 0 saturated carbocycles. The summed E-state index contributed by atoms with van der Waals surface area (Å²) in [5.74, 6) is 3.11. The molecule has 19 heavy (non-hydrogen) atoms. The smallest absolute Gasteiger partial charge is 0.120 e. The van der Waals surface area contributed by atoms with Gasteiger partial charge in [0.1, 0.15) is 10.7 Å². The van der Waals surface area contributed by atoms with Gasteiger partial charge in [-0.15, -0.1) is 0 Å². The minimum atomic E-state index is 0.374. The van der Waals surface area contributed by atoms with Crippen LogP contribution in [0.1, 0.15) is 25.8 Å². The van der Waals surface area contributed by atoms with Crippen LogP contribution >= 0.6 is 24.0 Å². The van der Waals surface area contributed by atoms with Crippen LogP contribution in [-0.4, -0.2) is 29.6 Å². The summed E-state index contributed by atoms with van der Waals surface area (Å²) in [6.45, 7) is 4.34. The summed E-state index contributed by atoms with van der Waals surface area (Å²) in [5, 5.41) is 3.46. The van der Waals surface area contributed by atoms with E-state index in [4.69, 9.17) is 22.7 Å². The lowest BCUT2D eigenvalue weighted by molar-refractivity contribution is 0.415. The summed E-state index contributed by atoms with van der Waals surface area (Å²) in [5.41, 5.74) is 7.56. The van der Waals surface area contributed by atoms with Crippen molar-refractivity contribution in [3.63, 3.8) is 0 Å². The van der Waals surface area contributed by atoms with E-state index in [1.807, 2.05) is 30.0 Å². The van der Waals surface area contributed by atoms with E-state index in [0.29, 0.717) is 11.0 Å². The van der Waals surface area contributed by atoms with Crippen LogP contribution in [0, 0.1) is 0 Å². The van der Waals surface area contributed by atoms with E-state index < -0.39 is 0 Å². The SMILES string of the molecule is CCSCCC(C)Nc1cc(OC)ccc1C(N)=S. The van der Waals surface area contributed by atoms with Crippen LogP contribution in [0.15, 0.2) is 18.2 Å². The lowest BCUT2D eigenvalue weighted by atomic mass is 10.1. The number of methoxy groups -OCH3 is 1. The number of thiocarbonyl (C=S) groups is 1. The molecule has 3 N–H and O–H groups in total. The zero-order valence-electron chi connectivity index (χ0n) is 11.7. The molecule has 0 amide bonds. The van der Waals surface area contributed by atoms with Gasteiger partial charge in [0.25, 0.3) is 0 Å². The summed E-state index contributed by atoms with van der Waals surface area (Å²) in [4.78, 5) is 0.403. The van der Waals surface area contributed by atoms with Gasteiger partial charge in [-0.1, -0.05) is 19.1 Å². The molecular formula is C14H22N2OS2. The zero-order valence-corrected chi connectivity index (χ0v) is 13.4. The molecule has 0 fully saturated rings. The van der Waals surface area contributed by atoms with Crippen LogP contribution in [0.25, 0.3) is 0 Å². The number of nitrogens with one attached hydrogen (secondary N) is 1. The van der Waals surface area contributed by atoms with Crippen molar-refractivity contribution in [2.75, 3.05) is 23.9 Å². The monoisotopic (exact) mass is 298 g/mol. The van der Waals surface area contributed by atoms with E-state index >= 15 is 0 Å². The molecule has 0 aliphatic carbocycles. The van der Waals surface area contributed by atoms with Crippen molar-refractivity contribution in [2.24, 2.45) is 5.73 Å². The molecule has 1 atom stereocenters. The standard InChI is InChI=1S/C14H22N2OS2/c1-4-19-8-7-10(2)16-13-9-11(17-3)5-6-12(13)14(15)18/h5-6,9-10,16H,4,7-8H2,1-3H3,(H2,15,18). The van der Waals surface area contributed by atoms with Gasteiger partial charge in [0.05, 0.1) is 7.11 Å².